The van der Waals surface area contributed by atoms with Crippen LogP contribution >= 0.6 is 0 Å². The fourth-order valence-corrected chi connectivity index (χ4v) is 6.57. The molecule has 2 aliphatic rings. The molecular weight excluding hydrogens is 591 g/mol. The van der Waals surface area contributed by atoms with Gasteiger partial charge in [0.05, 0.1) is 24.4 Å². The monoisotopic (exact) mass is 636 g/mol. The van der Waals surface area contributed by atoms with Gasteiger partial charge in [0.1, 0.15) is 18.0 Å². The summed E-state index contributed by atoms with van der Waals surface area (Å²) in [4.78, 5) is 20.0. The molecule has 7 nitrogen and oxygen atoms in total. The van der Waals surface area contributed by atoms with Crippen LogP contribution in [0, 0.1) is 13.8 Å². The number of rotatable bonds is 3. The average Bonchev–Trinajstić information content (AvgIpc) is 3.43. The molecule has 246 valence electrons. The summed E-state index contributed by atoms with van der Waals surface area (Å²) in [6.07, 6.45) is 5.84. The number of carbonyl (C=O) groups excluding carboxylic acids is 1. The first kappa shape index (κ1) is 32.6. The SMILES string of the molecule is CCOC(=O)Cc1c(C)nc2cc3nn2c1-c1ccc(C)c(c1)OCCN(C(C)(C)C)CC1=CC(C)(C=CC1(C)F)c1cccc-3c1. The van der Waals surface area contributed by atoms with E-state index < -0.39 is 11.1 Å². The van der Waals surface area contributed by atoms with Gasteiger partial charge in [-0.1, -0.05) is 42.5 Å². The number of esters is 1. The van der Waals surface area contributed by atoms with E-state index in [9.17, 15) is 4.79 Å². The van der Waals surface area contributed by atoms with E-state index in [2.05, 4.69) is 50.8 Å². The summed E-state index contributed by atoms with van der Waals surface area (Å²) in [6, 6.07) is 16.3. The number of hydrogen-bond acceptors (Lipinski definition) is 6. The Hall–Kier alpha value is -4.30. The van der Waals surface area contributed by atoms with E-state index in [1.165, 1.54) is 0 Å². The van der Waals surface area contributed by atoms with Crippen molar-refractivity contribution in [2.45, 2.75) is 78.4 Å². The highest BCUT2D eigenvalue weighted by Crippen LogP contribution is 2.41. The number of aromatic nitrogens is 3. The molecule has 0 radical (unpaired) electrons. The maximum Gasteiger partial charge on any atom is 0.310 e. The Bertz CT molecular complexity index is 1920. The number of fused-ring (bicyclic) bond motifs is 9. The van der Waals surface area contributed by atoms with Crippen molar-refractivity contribution in [3.05, 3.63) is 94.7 Å². The summed E-state index contributed by atoms with van der Waals surface area (Å²) in [5.41, 5.74) is 5.92. The minimum Gasteiger partial charge on any atom is -0.492 e. The number of aryl methyl sites for hydroxylation is 2. The van der Waals surface area contributed by atoms with Gasteiger partial charge in [-0.2, -0.15) is 5.10 Å². The van der Waals surface area contributed by atoms with Gasteiger partial charge in [-0.15, -0.1) is 0 Å². The van der Waals surface area contributed by atoms with Crippen molar-refractivity contribution < 1.29 is 18.7 Å². The standard InChI is InChI=1S/C39H45FN4O3/c1-9-46-35(45)21-31-26(3)41-34-22-32-27-11-10-12-29(19-27)38(7)15-16-39(8,40)30(23-38)24-43(37(4,5)6)17-18-47-33-20-28(14-13-25(33)2)36(31)44(34)42-32/h10-16,19-20,22-23H,9,17-18,21,24H2,1-8H3. The van der Waals surface area contributed by atoms with Gasteiger partial charge in [0, 0.05) is 52.5 Å². The van der Waals surface area contributed by atoms with Crippen LogP contribution in [0.2, 0.25) is 0 Å². The van der Waals surface area contributed by atoms with Gasteiger partial charge in [-0.05, 0) is 90.3 Å². The van der Waals surface area contributed by atoms with E-state index in [4.69, 9.17) is 19.6 Å². The highest BCUT2D eigenvalue weighted by molar-refractivity contribution is 5.79. The number of halogens is 1. The lowest BCUT2D eigenvalue weighted by Crippen LogP contribution is -2.47. The molecule has 3 heterocycles. The van der Waals surface area contributed by atoms with E-state index in [0.29, 0.717) is 32.0 Å². The van der Waals surface area contributed by atoms with Crippen LogP contribution in [-0.4, -0.2) is 63.0 Å². The van der Waals surface area contributed by atoms with Gasteiger partial charge >= 0.3 is 5.97 Å². The summed E-state index contributed by atoms with van der Waals surface area (Å²) >= 11 is 0. The van der Waals surface area contributed by atoms with Crippen LogP contribution in [0.15, 0.2) is 72.3 Å². The smallest absolute Gasteiger partial charge is 0.310 e. The first-order chi connectivity index (χ1) is 22.2. The summed E-state index contributed by atoms with van der Waals surface area (Å²) < 4.78 is 29.8. The first-order valence-corrected chi connectivity index (χ1v) is 16.4. The second-order valence-electron chi connectivity index (χ2n) is 14.2. The fraction of sp³-hybridized carbons (Fsp3) is 0.410. The van der Waals surface area contributed by atoms with Gasteiger partial charge in [-0.3, -0.25) is 9.69 Å². The zero-order valence-electron chi connectivity index (χ0n) is 28.8. The van der Waals surface area contributed by atoms with E-state index >= 15 is 4.39 Å². The van der Waals surface area contributed by atoms with Gasteiger partial charge in [0.25, 0.3) is 0 Å². The Morgan fingerprint density at radius 1 is 1.06 bits per heavy atom. The van der Waals surface area contributed by atoms with Crippen molar-refractivity contribution in [3.8, 4) is 28.3 Å². The molecular formula is C39H45FN4O3. The molecule has 2 aromatic heterocycles. The van der Waals surface area contributed by atoms with Crippen molar-refractivity contribution in [3.63, 3.8) is 0 Å². The van der Waals surface area contributed by atoms with Crippen LogP contribution in [0.4, 0.5) is 4.39 Å². The largest absolute Gasteiger partial charge is 0.492 e. The third-order valence-corrected chi connectivity index (χ3v) is 9.55. The number of hydrogen-bond donors (Lipinski definition) is 0. The zero-order chi connectivity index (χ0) is 33.7. The molecule has 2 atom stereocenters. The molecule has 0 N–H and O–H groups in total. The van der Waals surface area contributed by atoms with E-state index in [-0.39, 0.29) is 17.9 Å². The molecule has 0 amide bonds. The minimum absolute atomic E-state index is 0.0695. The van der Waals surface area contributed by atoms with E-state index in [0.717, 1.165) is 56.2 Å². The van der Waals surface area contributed by atoms with Gasteiger partial charge in [0.2, 0.25) is 0 Å². The van der Waals surface area contributed by atoms with Crippen molar-refractivity contribution in [1.29, 1.82) is 0 Å². The quantitative estimate of drug-likeness (QED) is 0.169. The van der Waals surface area contributed by atoms with Crippen molar-refractivity contribution in [2.24, 2.45) is 0 Å². The second-order valence-corrected chi connectivity index (χ2v) is 14.2. The number of benzene rings is 2. The maximum absolute atomic E-state index is 16.2. The summed E-state index contributed by atoms with van der Waals surface area (Å²) in [7, 11) is 0. The highest BCUT2D eigenvalue weighted by atomic mass is 19.1. The van der Waals surface area contributed by atoms with Gasteiger partial charge in [0.15, 0.2) is 5.65 Å². The number of allylic oxidation sites excluding steroid dienone is 3. The van der Waals surface area contributed by atoms with Crippen LogP contribution < -0.4 is 4.74 Å². The molecule has 0 saturated carbocycles. The van der Waals surface area contributed by atoms with Crippen molar-refractivity contribution in [1.82, 2.24) is 19.5 Å². The first-order valence-electron chi connectivity index (χ1n) is 16.4. The molecule has 8 heteroatoms. The topological polar surface area (TPSA) is 69.0 Å². The lowest BCUT2D eigenvalue weighted by molar-refractivity contribution is -0.142. The zero-order valence-corrected chi connectivity index (χ0v) is 28.8. The van der Waals surface area contributed by atoms with Crippen LogP contribution in [0.5, 0.6) is 5.75 Å². The summed E-state index contributed by atoms with van der Waals surface area (Å²) in [5, 5.41) is 5.08. The molecule has 6 rings (SSSR count). The Balaban J connectivity index is 1.59. The third kappa shape index (κ3) is 6.35. The molecule has 2 aromatic carbocycles. The normalized spacial score (nSPS) is 21.6. The number of ether oxygens (including phenoxy) is 2. The molecule has 0 spiro atoms. The van der Waals surface area contributed by atoms with Crippen molar-refractivity contribution in [2.75, 3.05) is 26.3 Å². The lowest BCUT2D eigenvalue weighted by Gasteiger charge is -2.40. The Morgan fingerprint density at radius 3 is 2.60 bits per heavy atom. The van der Waals surface area contributed by atoms with Crippen molar-refractivity contribution >= 4 is 11.6 Å². The maximum atomic E-state index is 16.2. The molecule has 1 aliphatic carbocycles. The summed E-state index contributed by atoms with van der Waals surface area (Å²) in [6.45, 7) is 17.8. The van der Waals surface area contributed by atoms with Gasteiger partial charge < -0.3 is 9.47 Å². The molecule has 0 saturated heterocycles. The van der Waals surface area contributed by atoms with Gasteiger partial charge in [-0.25, -0.2) is 13.9 Å². The fourth-order valence-electron chi connectivity index (χ4n) is 6.57. The number of alkyl halides is 1. The molecule has 8 bridgehead atoms. The Kier molecular flexibility index (Phi) is 8.37. The minimum atomic E-state index is -1.57. The molecule has 2 unspecified atom stereocenters. The third-order valence-electron chi connectivity index (χ3n) is 9.55. The van der Waals surface area contributed by atoms with Crippen LogP contribution in [0.3, 0.4) is 0 Å². The molecule has 4 aromatic rings. The lowest BCUT2D eigenvalue weighted by atomic mass is 9.73. The van der Waals surface area contributed by atoms with E-state index in [1.807, 2.05) is 60.8 Å². The predicted octanol–water partition coefficient (Wildman–Crippen LogP) is 7.76. The van der Waals surface area contributed by atoms with Crippen LogP contribution in [0.25, 0.3) is 28.2 Å². The Morgan fingerprint density at radius 2 is 1.85 bits per heavy atom. The number of nitrogens with zero attached hydrogens (tertiary/aromatic N) is 4. The molecule has 1 aliphatic heterocycles. The Labute approximate surface area is 277 Å². The average molecular weight is 637 g/mol. The highest BCUT2D eigenvalue weighted by Gasteiger charge is 2.37. The van der Waals surface area contributed by atoms with E-state index in [1.54, 1.807) is 19.9 Å². The summed E-state index contributed by atoms with van der Waals surface area (Å²) in [5.74, 6) is 0.425. The molecule has 47 heavy (non-hydrogen) atoms. The number of carbonyl (C=O) groups is 1. The predicted molar refractivity (Wildman–Crippen MR) is 185 cm³/mol. The van der Waals surface area contributed by atoms with Crippen LogP contribution in [-0.2, 0) is 21.4 Å². The second kappa shape index (κ2) is 12.1. The molecule has 0 fully saturated rings. The van der Waals surface area contributed by atoms with Crippen LogP contribution in [0.1, 0.15) is 63.9 Å².